The third-order valence-corrected chi connectivity index (χ3v) is 17.1. The highest BCUT2D eigenvalue weighted by Gasteiger charge is 2.52. The van der Waals surface area contributed by atoms with Crippen LogP contribution in [0.1, 0.15) is 45.4 Å². The van der Waals surface area contributed by atoms with Gasteiger partial charge in [0.2, 0.25) is 5.91 Å². The Morgan fingerprint density at radius 2 is 1.35 bits per heavy atom. The van der Waals surface area contributed by atoms with E-state index in [9.17, 15) is 14.8 Å². The summed E-state index contributed by atoms with van der Waals surface area (Å²) in [6.07, 6.45) is 4.96. The molecule has 2 aliphatic heterocycles. The molecule has 7 aromatic carbocycles. The Kier molecular flexibility index (Phi) is 15.3. The lowest BCUT2D eigenvalue weighted by molar-refractivity contribution is -0.688. The lowest BCUT2D eigenvalue weighted by Crippen LogP contribution is -2.59. The van der Waals surface area contributed by atoms with Crippen LogP contribution >= 0.6 is 23.1 Å². The van der Waals surface area contributed by atoms with Crippen molar-refractivity contribution in [1.82, 2.24) is 25.3 Å². The Morgan fingerprint density at radius 1 is 0.759 bits per heavy atom. The van der Waals surface area contributed by atoms with Gasteiger partial charge in [0.15, 0.2) is 36.1 Å². The molecule has 0 saturated carbocycles. The molecule has 10 aromatic rings. The number of fused-ring (bicyclic) bond motifs is 1. The van der Waals surface area contributed by atoms with Crippen LogP contribution in [0.3, 0.4) is 0 Å². The molecule has 17 heteroatoms. The van der Waals surface area contributed by atoms with Gasteiger partial charge in [-0.2, -0.15) is 4.98 Å². The Balaban J connectivity index is 0.975. The van der Waals surface area contributed by atoms with Crippen LogP contribution in [0.2, 0.25) is 0 Å². The van der Waals surface area contributed by atoms with Crippen molar-refractivity contribution in [3.05, 3.63) is 287 Å². The average molecular weight is 1130 g/mol. The molecule has 0 bridgehead atoms. The molecule has 3 aromatic heterocycles. The van der Waals surface area contributed by atoms with E-state index in [0.29, 0.717) is 55.5 Å². The summed E-state index contributed by atoms with van der Waals surface area (Å²) in [6, 6.07) is 68.3. The summed E-state index contributed by atoms with van der Waals surface area (Å²) in [5.74, 6) is -0.893. The van der Waals surface area contributed by atoms with Gasteiger partial charge in [-0.3, -0.25) is 14.5 Å². The summed E-state index contributed by atoms with van der Waals surface area (Å²) in [5.41, 5.74) is 4.97. The first-order chi connectivity index (χ1) is 40.8. The first-order valence-electron chi connectivity index (χ1n) is 26.7. The van der Waals surface area contributed by atoms with E-state index in [-0.39, 0.29) is 42.8 Å². The van der Waals surface area contributed by atoms with Gasteiger partial charge in [0.1, 0.15) is 34.5 Å². The standard InChI is InChI=1S/C66H52N8O7S2/c1-79-51-35-33-44(34-36-51)41-80-63(77)58-53(40-73-37-19-20-45(39-73)61-67-43-68-81-61)62(83-57-38-56(75)74(57)58)70-60(76)59(72-78)65(46-21-7-2-8-22-46,47-23-9-3-10-24-47)54-32-18-17-31-52(54)55-42-82-64(69-55)71-66(48-25-11-4-12-26-48,49-27-13-5-14-28-49)50-29-15-6-16-30-50/h2-37,39,42-43,57,62H,38,40-41H2,1H3,(H2-,69,70,71,76,78)/p+1/t57-,62?/m0/s1. The number of anilines is 1. The van der Waals surface area contributed by atoms with Crippen LogP contribution in [0.15, 0.2) is 257 Å². The summed E-state index contributed by atoms with van der Waals surface area (Å²) < 4.78 is 18.6. The van der Waals surface area contributed by atoms with Crippen molar-refractivity contribution in [3.63, 3.8) is 0 Å². The number of β-lactam (4-membered cyclic amide) rings is 1. The molecular formula is C66H53N8O7S2+. The van der Waals surface area contributed by atoms with E-state index < -0.39 is 33.6 Å². The molecular weight excluding hydrogens is 1080 g/mol. The van der Waals surface area contributed by atoms with Crippen molar-refractivity contribution in [3.8, 4) is 28.5 Å². The average Bonchev–Trinajstić information content (AvgIpc) is 2.17. The van der Waals surface area contributed by atoms with Crippen LogP contribution in [0.5, 0.6) is 5.75 Å². The predicted molar refractivity (Wildman–Crippen MR) is 317 cm³/mol. The number of benzene rings is 7. The molecule has 2 amide bonds. The van der Waals surface area contributed by atoms with Crippen molar-refractivity contribution in [2.45, 2.75) is 41.3 Å². The molecule has 2 atom stereocenters. The number of nitrogens with zero attached hydrogens (tertiary/aromatic N) is 6. The highest BCUT2D eigenvalue weighted by Crippen LogP contribution is 2.48. The number of rotatable bonds is 19. The maximum atomic E-state index is 16.0. The van der Waals surface area contributed by atoms with Crippen LogP contribution in [0.4, 0.5) is 5.13 Å². The van der Waals surface area contributed by atoms with Gasteiger partial charge in [-0.15, -0.1) is 23.1 Å². The second kappa shape index (κ2) is 23.6. The minimum Gasteiger partial charge on any atom is -0.497 e. The molecule has 1 unspecified atom stereocenters. The molecule has 0 spiro atoms. The van der Waals surface area contributed by atoms with Gasteiger partial charge in [-0.05, 0) is 57.1 Å². The fraction of sp³-hybridized carbons (Fsp3) is 0.121. The van der Waals surface area contributed by atoms with Crippen molar-refractivity contribution in [2.24, 2.45) is 5.16 Å². The zero-order valence-electron chi connectivity index (χ0n) is 44.7. The number of aromatic nitrogens is 4. The molecule has 0 aliphatic carbocycles. The third-order valence-electron chi connectivity index (χ3n) is 15.0. The number of amides is 2. The Labute approximate surface area is 486 Å². The fourth-order valence-electron chi connectivity index (χ4n) is 11.1. The number of hydrogen-bond donors (Lipinski definition) is 3. The number of esters is 1. The smallest absolute Gasteiger partial charge is 0.355 e. The molecule has 1 saturated heterocycles. The van der Waals surface area contributed by atoms with E-state index >= 15 is 4.79 Å². The minimum absolute atomic E-state index is 0.00604. The number of pyridine rings is 1. The lowest BCUT2D eigenvalue weighted by Gasteiger charge is -2.46. The molecule has 2 aliphatic rings. The summed E-state index contributed by atoms with van der Waals surface area (Å²) in [7, 11) is 1.57. The summed E-state index contributed by atoms with van der Waals surface area (Å²) >= 11 is 2.75. The SMILES string of the molecule is COc1ccc(COC(=O)C2=C(C[n+]3cccc(-c4ncno4)c3)C(NC(=O)C(=NO)C(c3ccccc3)(c3ccccc3)c3ccccc3-c3csc(NC(c4ccccc4)(c4ccccc4)c4ccccc4)n3)S[C@H]3CC(=O)N23)cc1. The van der Waals surface area contributed by atoms with Crippen molar-refractivity contribution in [1.29, 1.82) is 0 Å². The number of carbonyl (C=O) groups excluding carboxylic acids is 3. The monoisotopic (exact) mass is 1130 g/mol. The number of carbonyl (C=O) groups is 3. The number of ether oxygens (including phenoxy) is 2. The molecule has 3 N–H and O–H groups in total. The van der Waals surface area contributed by atoms with Gasteiger partial charge in [0.25, 0.3) is 11.8 Å². The van der Waals surface area contributed by atoms with E-state index in [1.165, 1.54) is 34.3 Å². The van der Waals surface area contributed by atoms with Crippen LogP contribution in [0, 0.1) is 0 Å². The first-order valence-corrected chi connectivity index (χ1v) is 28.5. The second-order valence-electron chi connectivity index (χ2n) is 19.7. The molecule has 15 nitrogen and oxygen atoms in total. The molecule has 12 rings (SSSR count). The van der Waals surface area contributed by atoms with E-state index in [1.807, 2.05) is 145 Å². The molecule has 83 heavy (non-hydrogen) atoms. The number of methoxy groups -OCH3 is 1. The van der Waals surface area contributed by atoms with Gasteiger partial charge in [0, 0.05) is 17.0 Å². The van der Waals surface area contributed by atoms with Crippen LogP contribution in [-0.4, -0.2) is 66.6 Å². The predicted octanol–water partition coefficient (Wildman–Crippen LogP) is 11.2. The van der Waals surface area contributed by atoms with E-state index in [4.69, 9.17) is 19.0 Å². The maximum Gasteiger partial charge on any atom is 0.355 e. The number of hydrogen-bond acceptors (Lipinski definition) is 14. The van der Waals surface area contributed by atoms with E-state index in [0.717, 1.165) is 16.7 Å². The van der Waals surface area contributed by atoms with Gasteiger partial charge in [-0.25, -0.2) is 14.3 Å². The number of thioether (sulfide) groups is 1. The van der Waals surface area contributed by atoms with Crippen molar-refractivity contribution >= 4 is 51.7 Å². The fourth-order valence-corrected chi connectivity index (χ4v) is 13.3. The van der Waals surface area contributed by atoms with Crippen LogP contribution in [-0.2, 0) is 43.2 Å². The molecule has 1 fully saturated rings. The Morgan fingerprint density at radius 3 is 1.92 bits per heavy atom. The maximum absolute atomic E-state index is 16.0. The Hall–Kier alpha value is -9.97. The Bertz CT molecular complexity index is 3850. The highest BCUT2D eigenvalue weighted by atomic mass is 32.2. The van der Waals surface area contributed by atoms with Gasteiger partial charge in [0.05, 0.1) is 35.6 Å². The molecule has 410 valence electrons. The third kappa shape index (κ3) is 10.3. The van der Waals surface area contributed by atoms with Crippen molar-refractivity contribution < 1.29 is 38.2 Å². The van der Waals surface area contributed by atoms with Gasteiger partial charge >= 0.3 is 5.97 Å². The van der Waals surface area contributed by atoms with Crippen LogP contribution in [0.25, 0.3) is 22.7 Å². The van der Waals surface area contributed by atoms with Crippen molar-refractivity contribution in [2.75, 3.05) is 12.4 Å². The quantitative estimate of drug-likeness (QED) is 0.0133. The summed E-state index contributed by atoms with van der Waals surface area (Å²) in [5, 5.41) is 27.9. The van der Waals surface area contributed by atoms with E-state index in [1.54, 1.807) is 60.5 Å². The minimum atomic E-state index is -1.63. The topological polar surface area (TPSA) is 185 Å². The largest absolute Gasteiger partial charge is 0.497 e. The number of oxime groups is 1. The second-order valence-corrected chi connectivity index (χ2v) is 21.9. The number of nitrogens with one attached hydrogen (secondary N) is 2. The normalized spacial score (nSPS) is 15.2. The van der Waals surface area contributed by atoms with E-state index in [2.05, 4.69) is 62.3 Å². The highest BCUT2D eigenvalue weighted by molar-refractivity contribution is 8.00. The zero-order chi connectivity index (χ0) is 56.8. The molecule has 5 heterocycles. The molecule has 0 radical (unpaired) electrons. The van der Waals surface area contributed by atoms with Gasteiger partial charge in [-0.1, -0.05) is 198 Å². The van der Waals surface area contributed by atoms with Crippen LogP contribution < -0.4 is 19.9 Å². The van der Waals surface area contributed by atoms with Gasteiger partial charge < -0.3 is 29.8 Å². The number of thiazole rings is 1. The lowest BCUT2D eigenvalue weighted by atomic mass is 9.64. The summed E-state index contributed by atoms with van der Waals surface area (Å²) in [4.78, 5) is 55.6. The first kappa shape index (κ1) is 53.7. The zero-order valence-corrected chi connectivity index (χ0v) is 46.3. The summed E-state index contributed by atoms with van der Waals surface area (Å²) in [6.45, 7) is -0.126.